The molecule has 0 aromatic heterocycles. The number of unbranched alkanes of at least 4 members (excludes halogenated alkanes) is 3. The molecule has 0 unspecified atom stereocenters. The molecular weight excluding hydrogens is 526 g/mol. The van der Waals surface area contributed by atoms with Gasteiger partial charge in [-0.15, -0.1) is 0 Å². The van der Waals surface area contributed by atoms with Gasteiger partial charge in [-0.05, 0) is 48.4 Å². The summed E-state index contributed by atoms with van der Waals surface area (Å²) < 4.78 is 28.8. The minimum atomic E-state index is -3.94. The van der Waals surface area contributed by atoms with Gasteiger partial charge in [-0.3, -0.25) is 14.4 Å². The molecule has 3 amide bonds. The fourth-order valence-corrected chi connectivity index (χ4v) is 4.62. The zero-order valence-electron chi connectivity index (χ0n) is 21.5. The first-order chi connectivity index (χ1) is 18.5. The van der Waals surface area contributed by atoms with Gasteiger partial charge in [0.15, 0.2) is 0 Å². The molecule has 0 saturated carbocycles. The molecule has 0 bridgehead atoms. The number of nitrogens with two attached hydrogens (primary N) is 1. The number of carbonyl (C=O) groups is 4. The normalized spacial score (nSPS) is 15.6. The van der Waals surface area contributed by atoms with Crippen molar-refractivity contribution in [1.29, 1.82) is 0 Å². The highest BCUT2D eigenvalue weighted by molar-refractivity contribution is 7.89. The number of carboxylic acid groups (broad SMARTS) is 1. The summed E-state index contributed by atoms with van der Waals surface area (Å²) in [6.45, 7) is 2.50. The van der Waals surface area contributed by atoms with Crippen molar-refractivity contribution >= 4 is 39.4 Å². The Bertz CT molecular complexity index is 1340. The summed E-state index contributed by atoms with van der Waals surface area (Å²) in [7, 11) is -3.94. The molecule has 12 heteroatoms. The summed E-state index contributed by atoms with van der Waals surface area (Å²) >= 11 is 0. The van der Waals surface area contributed by atoms with Gasteiger partial charge < -0.3 is 14.7 Å². The van der Waals surface area contributed by atoms with Crippen LogP contribution in [0.15, 0.2) is 65.6 Å². The molecule has 208 valence electrons. The van der Waals surface area contributed by atoms with Crippen LogP contribution in [0.25, 0.3) is 0 Å². The lowest BCUT2D eigenvalue weighted by Crippen LogP contribution is -2.44. The summed E-state index contributed by atoms with van der Waals surface area (Å²) in [5.74, 6) is -2.73. The average Bonchev–Trinajstić information content (AvgIpc) is 3.19. The fourth-order valence-electron chi connectivity index (χ4n) is 4.10. The lowest BCUT2D eigenvalue weighted by molar-refractivity contribution is -0.135. The Hall–Kier alpha value is -4.03. The molecule has 1 saturated heterocycles. The van der Waals surface area contributed by atoms with Gasteiger partial charge in [0.05, 0.1) is 23.6 Å². The first kappa shape index (κ1) is 29.5. The molecule has 1 aliphatic rings. The number of anilines is 1. The van der Waals surface area contributed by atoms with Crippen LogP contribution >= 0.6 is 0 Å². The second-order valence-electron chi connectivity index (χ2n) is 9.02. The number of carboxylic acids is 1. The smallest absolute Gasteiger partial charge is 0.328 e. The van der Waals surface area contributed by atoms with Crippen LogP contribution < -0.4 is 14.8 Å². The molecule has 0 spiro atoms. The standard InChI is InChI=1S/C27H31N3O8S/c1-2-3-4-5-16-38-21-10-8-20(9-11-21)30-25(32)17-23(27(30)35)29(24(31)14-15-26(33)34)18-19-6-12-22(13-7-19)39(28,36)37/h6-15,23H,2-5,16-18H2,1H3,(H,33,34)(H2,28,36,37)/b15-14+/t23-/m1/s1. The first-order valence-corrected chi connectivity index (χ1v) is 14.0. The minimum absolute atomic E-state index is 0.137. The maximum absolute atomic E-state index is 13.4. The summed E-state index contributed by atoms with van der Waals surface area (Å²) in [6, 6.07) is 10.6. The second-order valence-corrected chi connectivity index (χ2v) is 10.6. The molecule has 1 fully saturated rings. The van der Waals surface area contributed by atoms with Crippen molar-refractivity contribution < 1.29 is 37.4 Å². The number of carbonyl (C=O) groups excluding carboxylic acids is 3. The number of nitrogens with zero attached hydrogens (tertiary/aromatic N) is 2. The molecule has 1 atom stereocenters. The van der Waals surface area contributed by atoms with E-state index >= 15 is 0 Å². The molecular formula is C27H31N3O8S. The van der Waals surface area contributed by atoms with E-state index in [-0.39, 0.29) is 17.9 Å². The van der Waals surface area contributed by atoms with Crippen molar-refractivity contribution in [3.63, 3.8) is 0 Å². The van der Waals surface area contributed by atoms with E-state index in [4.69, 9.17) is 15.0 Å². The quantitative estimate of drug-likeness (QED) is 0.215. The third-order valence-electron chi connectivity index (χ3n) is 6.12. The summed E-state index contributed by atoms with van der Waals surface area (Å²) in [6.07, 6.45) is 5.38. The summed E-state index contributed by atoms with van der Waals surface area (Å²) in [4.78, 5) is 52.1. The highest BCUT2D eigenvalue weighted by Crippen LogP contribution is 2.29. The number of sulfonamides is 1. The Morgan fingerprint density at radius 1 is 1.05 bits per heavy atom. The highest BCUT2D eigenvalue weighted by Gasteiger charge is 2.44. The zero-order chi connectivity index (χ0) is 28.6. The van der Waals surface area contributed by atoms with Gasteiger partial charge in [0, 0.05) is 18.7 Å². The van der Waals surface area contributed by atoms with Crippen LogP contribution in [0.1, 0.15) is 44.6 Å². The summed E-state index contributed by atoms with van der Waals surface area (Å²) in [5.41, 5.74) is 0.760. The lowest BCUT2D eigenvalue weighted by Gasteiger charge is -2.27. The third-order valence-corrected chi connectivity index (χ3v) is 7.05. The predicted molar refractivity (Wildman–Crippen MR) is 142 cm³/mol. The lowest BCUT2D eigenvalue weighted by atomic mass is 10.1. The number of aliphatic carboxylic acids is 1. The van der Waals surface area contributed by atoms with Crippen molar-refractivity contribution in [3.8, 4) is 5.75 Å². The Balaban J connectivity index is 1.79. The van der Waals surface area contributed by atoms with Gasteiger partial charge in [-0.2, -0.15) is 0 Å². The van der Waals surface area contributed by atoms with Gasteiger partial charge in [0.25, 0.3) is 5.91 Å². The number of hydrogen-bond acceptors (Lipinski definition) is 7. The third kappa shape index (κ3) is 7.98. The van der Waals surface area contributed by atoms with Crippen LogP contribution in [0.5, 0.6) is 5.75 Å². The van der Waals surface area contributed by atoms with Crippen LogP contribution in [0, 0.1) is 0 Å². The van der Waals surface area contributed by atoms with E-state index in [0.29, 0.717) is 29.7 Å². The topological polar surface area (TPSA) is 164 Å². The fraction of sp³-hybridized carbons (Fsp3) is 0.333. The monoisotopic (exact) mass is 557 g/mol. The first-order valence-electron chi connectivity index (χ1n) is 12.4. The molecule has 2 aromatic rings. The maximum Gasteiger partial charge on any atom is 0.328 e. The largest absolute Gasteiger partial charge is 0.494 e. The number of benzene rings is 2. The van der Waals surface area contributed by atoms with Crippen LogP contribution in [-0.2, 0) is 35.7 Å². The van der Waals surface area contributed by atoms with E-state index in [1.807, 2.05) is 0 Å². The van der Waals surface area contributed by atoms with Crippen LogP contribution in [0.3, 0.4) is 0 Å². The van der Waals surface area contributed by atoms with Gasteiger partial charge in [-0.1, -0.05) is 38.3 Å². The number of primary sulfonamides is 1. The van der Waals surface area contributed by atoms with Gasteiger partial charge in [0.2, 0.25) is 21.8 Å². The van der Waals surface area contributed by atoms with Gasteiger partial charge in [0.1, 0.15) is 11.8 Å². The molecule has 2 aromatic carbocycles. The zero-order valence-corrected chi connectivity index (χ0v) is 22.3. The van der Waals surface area contributed by atoms with Crippen molar-refractivity contribution in [1.82, 2.24) is 4.90 Å². The maximum atomic E-state index is 13.4. The van der Waals surface area contributed by atoms with Crippen LogP contribution in [0.2, 0.25) is 0 Å². The molecule has 3 N–H and O–H groups in total. The SMILES string of the molecule is CCCCCCOc1ccc(N2C(=O)C[C@@H](N(Cc3ccc(S(N)(=O)=O)cc3)C(=O)/C=C/C(=O)O)C2=O)cc1. The van der Waals surface area contributed by atoms with E-state index in [2.05, 4.69) is 6.92 Å². The minimum Gasteiger partial charge on any atom is -0.494 e. The highest BCUT2D eigenvalue weighted by atomic mass is 32.2. The van der Waals surface area contributed by atoms with Crippen molar-refractivity contribution in [2.24, 2.45) is 5.14 Å². The van der Waals surface area contributed by atoms with E-state index in [1.54, 1.807) is 24.3 Å². The van der Waals surface area contributed by atoms with Gasteiger partial charge in [-0.25, -0.2) is 23.3 Å². The van der Waals surface area contributed by atoms with E-state index in [1.165, 1.54) is 24.3 Å². The number of hydrogen-bond donors (Lipinski definition) is 2. The van der Waals surface area contributed by atoms with Crippen LogP contribution in [0.4, 0.5) is 5.69 Å². The molecule has 1 heterocycles. The molecule has 0 radical (unpaired) electrons. The predicted octanol–water partition coefficient (Wildman–Crippen LogP) is 2.59. The second kappa shape index (κ2) is 13.2. The van der Waals surface area contributed by atoms with Crippen LogP contribution in [-0.4, -0.2) is 54.8 Å². The number of imide groups is 1. The molecule has 0 aliphatic carbocycles. The Kier molecular flexibility index (Phi) is 9.96. The van der Waals surface area contributed by atoms with E-state index in [9.17, 15) is 27.6 Å². The van der Waals surface area contributed by atoms with E-state index in [0.717, 1.165) is 41.6 Å². The number of ether oxygens (including phenoxy) is 1. The molecule has 11 nitrogen and oxygen atoms in total. The van der Waals surface area contributed by atoms with E-state index < -0.39 is 39.8 Å². The molecule has 1 aliphatic heterocycles. The molecule has 39 heavy (non-hydrogen) atoms. The number of amides is 3. The average molecular weight is 558 g/mol. The van der Waals surface area contributed by atoms with Crippen molar-refractivity contribution in [2.75, 3.05) is 11.5 Å². The molecule has 3 rings (SSSR count). The van der Waals surface area contributed by atoms with Crippen molar-refractivity contribution in [2.45, 2.75) is 56.5 Å². The summed E-state index contributed by atoms with van der Waals surface area (Å²) in [5, 5.41) is 14.1. The van der Waals surface area contributed by atoms with Gasteiger partial charge >= 0.3 is 5.97 Å². The Labute approximate surface area is 226 Å². The number of rotatable bonds is 13. The van der Waals surface area contributed by atoms with Crippen molar-refractivity contribution in [3.05, 3.63) is 66.2 Å². The Morgan fingerprint density at radius 3 is 2.31 bits per heavy atom. The Morgan fingerprint density at radius 2 is 1.72 bits per heavy atom.